The quantitative estimate of drug-likeness (QED) is 0.481. The van der Waals surface area contributed by atoms with Crippen LogP contribution in [0, 0.1) is 0 Å². The Bertz CT molecular complexity index is 599. The van der Waals surface area contributed by atoms with Gasteiger partial charge in [-0.15, -0.1) is 0 Å². The van der Waals surface area contributed by atoms with Gasteiger partial charge in [0, 0.05) is 0 Å². The van der Waals surface area contributed by atoms with Crippen molar-refractivity contribution in [2.45, 2.75) is 0 Å². The average Bonchev–Trinajstić information content (AvgIpc) is 2.26. The van der Waals surface area contributed by atoms with Gasteiger partial charge in [0.05, 0.1) is 11.1 Å². The minimum Gasteiger partial charge on any atom is -0.386 e. The first-order chi connectivity index (χ1) is 7.25. The number of hydrogen-bond acceptors (Lipinski definition) is 3. The van der Waals surface area contributed by atoms with Crippen molar-refractivity contribution in [3.63, 3.8) is 0 Å². The molecule has 0 radical (unpaired) electrons. The first-order valence-corrected chi connectivity index (χ1v) is 4.55. The highest BCUT2D eigenvalue weighted by atomic mass is 16.6. The molecule has 2 aromatic rings. The second-order valence-corrected chi connectivity index (χ2v) is 3.42. The lowest BCUT2D eigenvalue weighted by Crippen LogP contribution is -2.19. The molecule has 0 unspecified atom stereocenters. The normalized spacial score (nSPS) is 14.1. The monoisotopic (exact) mass is 198 g/mol. The van der Waals surface area contributed by atoms with Crippen LogP contribution in [0.25, 0.3) is 10.8 Å². The molecule has 72 valence electrons. The predicted molar refractivity (Wildman–Crippen MR) is 53.7 cm³/mol. The smallest absolute Gasteiger partial charge is 0.346 e. The molecule has 0 amide bonds. The molecule has 0 fully saturated rings. The number of esters is 2. The lowest BCUT2D eigenvalue weighted by Gasteiger charge is -2.13. The number of carbonyl (C=O) groups excluding carboxylic acids is 2. The molecule has 1 heterocycles. The maximum Gasteiger partial charge on any atom is 0.346 e. The zero-order valence-corrected chi connectivity index (χ0v) is 7.69. The summed E-state index contributed by atoms with van der Waals surface area (Å²) >= 11 is 0. The molecule has 1 aliphatic heterocycles. The van der Waals surface area contributed by atoms with Crippen LogP contribution in [0.2, 0.25) is 0 Å². The van der Waals surface area contributed by atoms with E-state index in [0.29, 0.717) is 11.1 Å². The molecule has 0 aromatic heterocycles. The molecule has 3 heteroatoms. The summed E-state index contributed by atoms with van der Waals surface area (Å²) in [6, 6.07) is 10.7. The van der Waals surface area contributed by atoms with E-state index in [9.17, 15) is 9.59 Å². The van der Waals surface area contributed by atoms with Crippen LogP contribution in [-0.4, -0.2) is 11.9 Å². The van der Waals surface area contributed by atoms with Crippen LogP contribution in [0.1, 0.15) is 20.7 Å². The molecular formula is C12H6O3. The van der Waals surface area contributed by atoms with Crippen molar-refractivity contribution in [1.29, 1.82) is 0 Å². The van der Waals surface area contributed by atoms with Crippen LogP contribution in [0.3, 0.4) is 0 Å². The molecule has 3 rings (SSSR count). The first kappa shape index (κ1) is 8.17. The summed E-state index contributed by atoms with van der Waals surface area (Å²) in [7, 11) is 0. The zero-order valence-electron chi connectivity index (χ0n) is 7.69. The van der Waals surface area contributed by atoms with E-state index in [1.807, 2.05) is 24.3 Å². The molecule has 0 aliphatic carbocycles. The molecule has 15 heavy (non-hydrogen) atoms. The highest BCUT2D eigenvalue weighted by molar-refractivity contribution is 6.15. The second kappa shape index (κ2) is 2.67. The van der Waals surface area contributed by atoms with Crippen LogP contribution >= 0.6 is 0 Å². The molecule has 0 N–H and O–H groups in total. The van der Waals surface area contributed by atoms with E-state index >= 15 is 0 Å². The molecule has 3 nitrogen and oxygen atoms in total. The largest absolute Gasteiger partial charge is 0.386 e. The topological polar surface area (TPSA) is 43.4 Å². The molecule has 2 aromatic carbocycles. The van der Waals surface area contributed by atoms with E-state index in [4.69, 9.17) is 0 Å². The van der Waals surface area contributed by atoms with Gasteiger partial charge < -0.3 is 4.74 Å². The van der Waals surface area contributed by atoms with Crippen LogP contribution in [0.4, 0.5) is 0 Å². The highest BCUT2D eigenvalue weighted by Crippen LogP contribution is 2.25. The SMILES string of the molecule is O=C1OC(=O)c2cc1cc1ccccc21. The van der Waals surface area contributed by atoms with Crippen molar-refractivity contribution >= 4 is 22.7 Å². The molecule has 0 saturated heterocycles. The summed E-state index contributed by atoms with van der Waals surface area (Å²) < 4.78 is 4.60. The molecular weight excluding hydrogens is 192 g/mol. The van der Waals surface area contributed by atoms with Crippen molar-refractivity contribution in [2.75, 3.05) is 0 Å². The van der Waals surface area contributed by atoms with E-state index in [2.05, 4.69) is 4.74 Å². The Morgan fingerprint density at radius 3 is 2.60 bits per heavy atom. The fourth-order valence-corrected chi connectivity index (χ4v) is 1.80. The Labute approximate surface area is 85.3 Å². The maximum absolute atomic E-state index is 11.4. The Hall–Kier alpha value is -2.16. The van der Waals surface area contributed by atoms with Crippen molar-refractivity contribution < 1.29 is 14.3 Å². The van der Waals surface area contributed by atoms with Gasteiger partial charge in [0.1, 0.15) is 0 Å². The summed E-state index contributed by atoms with van der Waals surface area (Å²) in [5.41, 5.74) is 0.894. The fraction of sp³-hybridized carbons (Fsp3) is 0. The third-order valence-electron chi connectivity index (χ3n) is 2.50. The summed E-state index contributed by atoms with van der Waals surface area (Å²) in [6.07, 6.45) is 0. The van der Waals surface area contributed by atoms with Crippen LogP contribution in [0.15, 0.2) is 36.4 Å². The standard InChI is InChI=1S/C12H6O3/c13-11-8-5-7-3-1-2-4-9(7)10(6-8)12(14)15-11/h1-6H. The van der Waals surface area contributed by atoms with Gasteiger partial charge in [0.2, 0.25) is 0 Å². The average molecular weight is 198 g/mol. The van der Waals surface area contributed by atoms with Gasteiger partial charge in [-0.3, -0.25) is 0 Å². The third kappa shape index (κ3) is 1.06. The molecule has 1 aliphatic rings. The maximum atomic E-state index is 11.4. The number of carbonyl (C=O) groups is 2. The van der Waals surface area contributed by atoms with Gasteiger partial charge in [-0.1, -0.05) is 24.3 Å². The van der Waals surface area contributed by atoms with Gasteiger partial charge in [-0.25, -0.2) is 9.59 Å². The lowest BCUT2D eigenvalue weighted by atomic mass is 9.99. The van der Waals surface area contributed by atoms with Gasteiger partial charge in [-0.2, -0.15) is 0 Å². The molecule has 0 spiro atoms. The number of hydrogen-bond donors (Lipinski definition) is 0. The Morgan fingerprint density at radius 1 is 0.933 bits per heavy atom. The Balaban J connectivity index is 2.48. The molecule has 0 saturated carbocycles. The number of benzene rings is 2. The summed E-state index contributed by atoms with van der Waals surface area (Å²) in [4.78, 5) is 22.7. The summed E-state index contributed by atoms with van der Waals surface area (Å²) in [5.74, 6) is -1.14. The van der Waals surface area contributed by atoms with Gasteiger partial charge in [-0.05, 0) is 22.9 Å². The Morgan fingerprint density at radius 2 is 1.73 bits per heavy atom. The van der Waals surface area contributed by atoms with E-state index in [1.165, 1.54) is 0 Å². The van der Waals surface area contributed by atoms with Crippen molar-refractivity contribution in [1.82, 2.24) is 0 Å². The molecule has 2 bridgehead atoms. The highest BCUT2D eigenvalue weighted by Gasteiger charge is 2.24. The fourth-order valence-electron chi connectivity index (χ4n) is 1.80. The van der Waals surface area contributed by atoms with Gasteiger partial charge >= 0.3 is 11.9 Å². The van der Waals surface area contributed by atoms with Crippen molar-refractivity contribution in [2.24, 2.45) is 0 Å². The first-order valence-electron chi connectivity index (χ1n) is 4.55. The van der Waals surface area contributed by atoms with E-state index in [0.717, 1.165) is 10.8 Å². The predicted octanol–water partition coefficient (Wildman–Crippen LogP) is 2.15. The van der Waals surface area contributed by atoms with E-state index < -0.39 is 11.9 Å². The third-order valence-corrected chi connectivity index (χ3v) is 2.50. The second-order valence-electron chi connectivity index (χ2n) is 3.42. The number of cyclic esters (lactones) is 2. The van der Waals surface area contributed by atoms with Crippen LogP contribution in [0.5, 0.6) is 0 Å². The minimum atomic E-state index is -0.571. The van der Waals surface area contributed by atoms with Crippen molar-refractivity contribution in [3.8, 4) is 0 Å². The number of ether oxygens (including phenoxy) is 1. The van der Waals surface area contributed by atoms with Crippen LogP contribution in [-0.2, 0) is 4.74 Å². The van der Waals surface area contributed by atoms with Gasteiger partial charge in [0.25, 0.3) is 0 Å². The van der Waals surface area contributed by atoms with E-state index in [1.54, 1.807) is 12.1 Å². The number of fused-ring (bicyclic) bond motifs is 4. The van der Waals surface area contributed by atoms with Crippen LogP contribution < -0.4 is 0 Å². The van der Waals surface area contributed by atoms with Crippen molar-refractivity contribution in [3.05, 3.63) is 47.5 Å². The minimum absolute atomic E-state index is 0.434. The Kier molecular flexibility index (Phi) is 1.45. The summed E-state index contributed by atoms with van der Waals surface area (Å²) in [5, 5.41) is 1.70. The zero-order chi connectivity index (χ0) is 10.4. The number of rotatable bonds is 0. The lowest BCUT2D eigenvalue weighted by molar-refractivity contribution is 0.0387. The molecule has 0 atom stereocenters. The van der Waals surface area contributed by atoms with Gasteiger partial charge in [0.15, 0.2) is 0 Å². The van der Waals surface area contributed by atoms with E-state index in [-0.39, 0.29) is 0 Å². The summed E-state index contributed by atoms with van der Waals surface area (Å²) in [6.45, 7) is 0.